The summed E-state index contributed by atoms with van der Waals surface area (Å²) in [6.07, 6.45) is 2.24. The van der Waals surface area contributed by atoms with Crippen LogP contribution < -0.4 is 5.32 Å². The maximum absolute atomic E-state index is 11.8. The summed E-state index contributed by atoms with van der Waals surface area (Å²) in [5.41, 5.74) is -1.21. The van der Waals surface area contributed by atoms with Gasteiger partial charge in [-0.25, -0.2) is 4.79 Å². The quantitative estimate of drug-likeness (QED) is 0.791. The summed E-state index contributed by atoms with van der Waals surface area (Å²) in [5, 5.41) is 12.5. The highest BCUT2D eigenvalue weighted by Gasteiger charge is 2.37. The van der Waals surface area contributed by atoms with Gasteiger partial charge in [-0.15, -0.1) is 6.58 Å². The van der Waals surface area contributed by atoms with Crippen LogP contribution in [0.2, 0.25) is 10.0 Å². The Labute approximate surface area is 127 Å². The molecule has 0 heterocycles. The third kappa shape index (κ3) is 3.74. The van der Waals surface area contributed by atoms with E-state index in [0.29, 0.717) is 17.0 Å². The minimum Gasteiger partial charge on any atom is -0.479 e. The van der Waals surface area contributed by atoms with E-state index < -0.39 is 11.5 Å². The van der Waals surface area contributed by atoms with Gasteiger partial charge in [0, 0.05) is 6.42 Å². The van der Waals surface area contributed by atoms with E-state index in [-0.39, 0.29) is 17.4 Å². The lowest BCUT2D eigenvalue weighted by atomic mass is 9.91. The van der Waals surface area contributed by atoms with Gasteiger partial charge in [0.05, 0.1) is 10.0 Å². The second kappa shape index (κ2) is 6.77. The first-order valence-electron chi connectivity index (χ1n) is 5.92. The summed E-state index contributed by atoms with van der Waals surface area (Å²) in [6.45, 7) is 4.92. The number of carbonyl (C=O) groups is 2. The zero-order valence-electron chi connectivity index (χ0n) is 11.0. The van der Waals surface area contributed by atoms with Gasteiger partial charge in [0.15, 0.2) is 5.54 Å². The number of rotatable bonds is 6. The van der Waals surface area contributed by atoms with Gasteiger partial charge in [0.25, 0.3) is 0 Å². The fraction of sp³-hybridized carbons (Fsp3) is 0.286. The van der Waals surface area contributed by atoms with Crippen LogP contribution >= 0.6 is 23.2 Å². The minimum atomic E-state index is -1.56. The molecule has 0 aliphatic heterocycles. The first-order chi connectivity index (χ1) is 9.31. The van der Waals surface area contributed by atoms with Crippen LogP contribution in [0.4, 0.5) is 0 Å². The molecule has 1 atom stereocenters. The Bertz CT molecular complexity index is 545. The monoisotopic (exact) mass is 315 g/mol. The molecule has 6 heteroatoms. The molecule has 0 fully saturated rings. The topological polar surface area (TPSA) is 66.4 Å². The maximum Gasteiger partial charge on any atom is 0.333 e. The number of hydrogen-bond donors (Lipinski definition) is 2. The Morgan fingerprint density at radius 2 is 2.05 bits per heavy atom. The number of hydrogen-bond acceptors (Lipinski definition) is 2. The molecule has 0 aliphatic carbocycles. The predicted molar refractivity (Wildman–Crippen MR) is 79.0 cm³/mol. The van der Waals surface area contributed by atoms with E-state index in [0.717, 1.165) is 0 Å². The Morgan fingerprint density at radius 3 is 2.55 bits per heavy atom. The molecule has 0 saturated carbocycles. The molecule has 2 N–H and O–H groups in total. The van der Waals surface area contributed by atoms with Crippen molar-refractivity contribution in [2.24, 2.45) is 0 Å². The molecular weight excluding hydrogens is 301 g/mol. The average Bonchev–Trinajstić information content (AvgIpc) is 2.39. The molecule has 1 rings (SSSR count). The molecule has 0 aliphatic rings. The summed E-state index contributed by atoms with van der Waals surface area (Å²) in [6, 6.07) is 4.46. The normalized spacial score (nSPS) is 13.3. The van der Waals surface area contributed by atoms with Crippen LogP contribution in [-0.4, -0.2) is 17.0 Å². The van der Waals surface area contributed by atoms with E-state index in [9.17, 15) is 14.7 Å². The molecule has 4 nitrogen and oxygen atoms in total. The van der Waals surface area contributed by atoms with Gasteiger partial charge in [-0.1, -0.05) is 35.3 Å². The number of carbonyl (C=O) groups excluding carboxylic acids is 1. The van der Waals surface area contributed by atoms with Gasteiger partial charge in [-0.05, 0) is 31.0 Å². The van der Waals surface area contributed by atoms with Crippen molar-refractivity contribution in [3.8, 4) is 0 Å². The largest absolute Gasteiger partial charge is 0.479 e. The van der Waals surface area contributed by atoms with Crippen molar-refractivity contribution in [2.75, 3.05) is 0 Å². The lowest BCUT2D eigenvalue weighted by Crippen LogP contribution is -2.49. The van der Waals surface area contributed by atoms with Gasteiger partial charge < -0.3 is 10.4 Å². The van der Waals surface area contributed by atoms with Crippen LogP contribution in [0.5, 0.6) is 0 Å². The van der Waals surface area contributed by atoms with E-state index in [1.807, 2.05) is 0 Å². The molecule has 0 aromatic heterocycles. The van der Waals surface area contributed by atoms with Crippen molar-refractivity contribution < 1.29 is 14.7 Å². The standard InChI is InChI=1S/C14H15Cl2NO3/c1-3-4-5-12(18)17-14(2,13(19)20)9-6-7-10(15)11(16)8-9/h3,6-8H,1,4-5H2,2H3,(H,17,18)(H,19,20). The number of halogens is 2. The maximum atomic E-state index is 11.8. The van der Waals surface area contributed by atoms with Crippen molar-refractivity contribution in [1.82, 2.24) is 5.32 Å². The molecule has 1 unspecified atom stereocenters. The summed E-state index contributed by atoms with van der Waals surface area (Å²) in [5.74, 6) is -1.55. The van der Waals surface area contributed by atoms with Gasteiger partial charge in [-0.3, -0.25) is 4.79 Å². The zero-order valence-corrected chi connectivity index (χ0v) is 12.5. The Hall–Kier alpha value is -1.52. The van der Waals surface area contributed by atoms with Crippen LogP contribution in [0.1, 0.15) is 25.3 Å². The fourth-order valence-corrected chi connectivity index (χ4v) is 1.93. The lowest BCUT2D eigenvalue weighted by molar-refractivity contribution is -0.147. The van der Waals surface area contributed by atoms with Crippen LogP contribution in [0.25, 0.3) is 0 Å². The number of benzene rings is 1. The van der Waals surface area contributed by atoms with Crippen molar-refractivity contribution in [2.45, 2.75) is 25.3 Å². The Kier molecular flexibility index (Phi) is 5.60. The summed E-state index contributed by atoms with van der Waals surface area (Å²) < 4.78 is 0. The van der Waals surface area contributed by atoms with Crippen molar-refractivity contribution >= 4 is 35.1 Å². The summed E-state index contributed by atoms with van der Waals surface area (Å²) >= 11 is 11.7. The van der Waals surface area contributed by atoms with E-state index >= 15 is 0 Å². The van der Waals surface area contributed by atoms with Crippen LogP contribution in [0.3, 0.4) is 0 Å². The van der Waals surface area contributed by atoms with Crippen LogP contribution in [-0.2, 0) is 15.1 Å². The number of nitrogens with one attached hydrogen (secondary N) is 1. The van der Waals surface area contributed by atoms with Gasteiger partial charge in [0.2, 0.25) is 5.91 Å². The van der Waals surface area contributed by atoms with Crippen molar-refractivity contribution in [3.05, 3.63) is 46.5 Å². The van der Waals surface area contributed by atoms with Gasteiger partial charge in [-0.2, -0.15) is 0 Å². The lowest BCUT2D eigenvalue weighted by Gasteiger charge is -2.27. The number of allylic oxidation sites excluding steroid dienone is 1. The molecular formula is C14H15Cl2NO3. The molecule has 0 radical (unpaired) electrons. The molecule has 1 aromatic rings. The summed E-state index contributed by atoms with van der Waals surface area (Å²) in [7, 11) is 0. The van der Waals surface area contributed by atoms with Crippen molar-refractivity contribution in [3.63, 3.8) is 0 Å². The number of amides is 1. The second-order valence-corrected chi connectivity index (χ2v) is 5.25. The molecule has 0 saturated heterocycles. The van der Waals surface area contributed by atoms with Crippen LogP contribution in [0, 0.1) is 0 Å². The minimum absolute atomic E-state index is 0.174. The van der Waals surface area contributed by atoms with E-state index in [2.05, 4.69) is 11.9 Å². The van der Waals surface area contributed by atoms with Gasteiger partial charge >= 0.3 is 5.97 Å². The van der Waals surface area contributed by atoms with E-state index in [1.54, 1.807) is 6.08 Å². The summed E-state index contributed by atoms with van der Waals surface area (Å²) in [4.78, 5) is 23.3. The molecule has 20 heavy (non-hydrogen) atoms. The molecule has 108 valence electrons. The fourth-order valence-electron chi connectivity index (χ4n) is 1.63. The average molecular weight is 316 g/mol. The predicted octanol–water partition coefficient (Wildman–Crippen LogP) is 3.38. The Morgan fingerprint density at radius 1 is 1.40 bits per heavy atom. The highest BCUT2D eigenvalue weighted by Crippen LogP contribution is 2.29. The van der Waals surface area contributed by atoms with E-state index in [1.165, 1.54) is 25.1 Å². The third-order valence-electron chi connectivity index (χ3n) is 2.89. The molecule has 0 spiro atoms. The first kappa shape index (κ1) is 16.5. The smallest absolute Gasteiger partial charge is 0.333 e. The highest BCUT2D eigenvalue weighted by molar-refractivity contribution is 6.42. The van der Waals surface area contributed by atoms with Crippen molar-refractivity contribution in [1.29, 1.82) is 0 Å². The number of carboxylic acid groups (broad SMARTS) is 1. The number of aliphatic carboxylic acids is 1. The number of carboxylic acids is 1. The molecule has 1 aromatic carbocycles. The molecule has 1 amide bonds. The SMILES string of the molecule is C=CCCC(=O)NC(C)(C(=O)O)c1ccc(Cl)c(Cl)c1. The van der Waals surface area contributed by atoms with Gasteiger partial charge in [0.1, 0.15) is 0 Å². The Balaban J connectivity index is 3.08. The first-order valence-corrected chi connectivity index (χ1v) is 6.67. The van der Waals surface area contributed by atoms with Crippen LogP contribution in [0.15, 0.2) is 30.9 Å². The third-order valence-corrected chi connectivity index (χ3v) is 3.63. The van der Waals surface area contributed by atoms with E-state index in [4.69, 9.17) is 23.2 Å². The highest BCUT2D eigenvalue weighted by atomic mass is 35.5. The second-order valence-electron chi connectivity index (χ2n) is 4.43. The molecule has 0 bridgehead atoms. The zero-order chi connectivity index (χ0) is 15.3.